The van der Waals surface area contributed by atoms with Crippen molar-refractivity contribution in [3.63, 3.8) is 0 Å². The Morgan fingerprint density at radius 1 is 1.19 bits per heavy atom. The molecule has 0 amide bonds. The molecule has 0 aromatic heterocycles. The molecule has 0 aliphatic rings. The molecule has 2 N–H and O–H groups in total. The Morgan fingerprint density at radius 3 is 2.29 bits per heavy atom. The molecule has 0 heterocycles. The van der Waals surface area contributed by atoms with Gasteiger partial charge in [0.1, 0.15) is 5.75 Å². The Balaban J connectivity index is 2.37. The first-order valence-corrected chi connectivity index (χ1v) is 8.06. The van der Waals surface area contributed by atoms with Crippen LogP contribution in [0.4, 0.5) is 0 Å². The van der Waals surface area contributed by atoms with Gasteiger partial charge >= 0.3 is 0 Å². The molecule has 1 atom stereocenters. The van der Waals surface area contributed by atoms with E-state index < -0.39 is 0 Å². The van der Waals surface area contributed by atoms with Gasteiger partial charge in [-0.1, -0.05) is 26.0 Å². The van der Waals surface area contributed by atoms with Crippen LogP contribution in [-0.4, -0.2) is 31.4 Å². The largest absolute Gasteiger partial charge is 0.497 e. The number of aliphatic hydroxyl groups is 1. The Hall–Kier alpha value is -1.06. The van der Waals surface area contributed by atoms with Gasteiger partial charge in [-0.25, -0.2) is 0 Å². The quantitative estimate of drug-likeness (QED) is 0.694. The number of benzene rings is 1. The van der Waals surface area contributed by atoms with Gasteiger partial charge in [-0.15, -0.1) is 0 Å². The van der Waals surface area contributed by atoms with Crippen molar-refractivity contribution >= 4 is 0 Å². The minimum absolute atomic E-state index is 0.0361. The van der Waals surface area contributed by atoms with Gasteiger partial charge < -0.3 is 15.2 Å². The highest BCUT2D eigenvalue weighted by Gasteiger charge is 2.25. The molecule has 21 heavy (non-hydrogen) atoms. The van der Waals surface area contributed by atoms with Crippen molar-refractivity contribution in [2.45, 2.75) is 52.5 Å². The lowest BCUT2D eigenvalue weighted by molar-refractivity contribution is 0.110. The number of nitrogens with one attached hydrogen (secondary N) is 1. The highest BCUT2D eigenvalue weighted by Crippen LogP contribution is 2.24. The van der Waals surface area contributed by atoms with Crippen molar-refractivity contribution in [1.82, 2.24) is 5.32 Å². The molecule has 1 rings (SSSR count). The van der Waals surface area contributed by atoms with Crippen molar-refractivity contribution in [3.05, 3.63) is 29.8 Å². The Morgan fingerprint density at radius 2 is 1.81 bits per heavy atom. The molecule has 1 aromatic rings. The summed E-state index contributed by atoms with van der Waals surface area (Å²) in [6.07, 6.45) is 4.18. The van der Waals surface area contributed by atoms with Crippen LogP contribution in [0.25, 0.3) is 0 Å². The van der Waals surface area contributed by atoms with Gasteiger partial charge in [-0.2, -0.15) is 0 Å². The third-order valence-electron chi connectivity index (χ3n) is 4.69. The predicted octanol–water partition coefficient (Wildman–Crippen LogP) is 3.40. The maximum Gasteiger partial charge on any atom is 0.118 e. The summed E-state index contributed by atoms with van der Waals surface area (Å²) in [5.41, 5.74) is 1.37. The molecule has 3 heteroatoms. The molecule has 1 aromatic carbocycles. The highest BCUT2D eigenvalue weighted by atomic mass is 16.5. The summed E-state index contributed by atoms with van der Waals surface area (Å²) < 4.78 is 5.17. The first-order chi connectivity index (χ1) is 10.1. The van der Waals surface area contributed by atoms with Crippen LogP contribution in [0.15, 0.2) is 24.3 Å². The SMILES string of the molecule is CCC(CC)(CO)CNC(C)CCc1ccc(OC)cc1. The van der Waals surface area contributed by atoms with E-state index in [1.54, 1.807) is 7.11 Å². The van der Waals surface area contributed by atoms with E-state index in [0.29, 0.717) is 6.04 Å². The molecule has 0 saturated heterocycles. The molecule has 0 aliphatic carbocycles. The van der Waals surface area contributed by atoms with Crippen molar-refractivity contribution in [2.75, 3.05) is 20.3 Å². The monoisotopic (exact) mass is 293 g/mol. The number of ether oxygens (including phenoxy) is 1. The van der Waals surface area contributed by atoms with Crippen molar-refractivity contribution < 1.29 is 9.84 Å². The van der Waals surface area contributed by atoms with E-state index in [2.05, 4.69) is 38.2 Å². The molecule has 0 saturated carbocycles. The Labute approximate surface area is 129 Å². The number of aryl methyl sites for hydroxylation is 1. The Kier molecular flexibility index (Phi) is 7.76. The van der Waals surface area contributed by atoms with Crippen LogP contribution in [0.3, 0.4) is 0 Å². The third-order valence-corrected chi connectivity index (χ3v) is 4.69. The van der Waals surface area contributed by atoms with Gasteiger partial charge in [-0.3, -0.25) is 0 Å². The van der Waals surface area contributed by atoms with Gasteiger partial charge in [-0.05, 0) is 50.3 Å². The first-order valence-electron chi connectivity index (χ1n) is 8.06. The lowest BCUT2D eigenvalue weighted by atomic mass is 9.83. The normalized spacial score (nSPS) is 13.2. The number of methoxy groups -OCH3 is 1. The third kappa shape index (κ3) is 5.68. The maximum atomic E-state index is 9.59. The van der Waals surface area contributed by atoms with Crippen molar-refractivity contribution in [3.8, 4) is 5.75 Å². The first kappa shape index (κ1) is 18.0. The lowest BCUT2D eigenvalue weighted by Crippen LogP contribution is -2.40. The fourth-order valence-corrected chi connectivity index (χ4v) is 2.45. The molecule has 0 spiro atoms. The summed E-state index contributed by atoms with van der Waals surface area (Å²) in [7, 11) is 1.69. The summed E-state index contributed by atoms with van der Waals surface area (Å²) >= 11 is 0. The zero-order chi connectivity index (χ0) is 15.7. The summed E-state index contributed by atoms with van der Waals surface area (Å²) in [6, 6.07) is 8.73. The molecular weight excluding hydrogens is 262 g/mol. The second-order valence-corrected chi connectivity index (χ2v) is 6.03. The number of rotatable bonds is 10. The molecule has 0 radical (unpaired) electrons. The Bertz CT molecular complexity index is 376. The second kappa shape index (κ2) is 9.06. The van der Waals surface area contributed by atoms with Gasteiger partial charge in [0.25, 0.3) is 0 Å². The van der Waals surface area contributed by atoms with Gasteiger partial charge in [0.15, 0.2) is 0 Å². The van der Waals surface area contributed by atoms with Crippen molar-refractivity contribution in [2.24, 2.45) is 5.41 Å². The topological polar surface area (TPSA) is 41.5 Å². The van der Waals surface area contributed by atoms with E-state index in [9.17, 15) is 5.11 Å². The lowest BCUT2D eigenvalue weighted by Gasteiger charge is -2.31. The molecular formula is C18H31NO2. The summed E-state index contributed by atoms with van der Waals surface area (Å²) in [4.78, 5) is 0. The number of aliphatic hydroxyl groups excluding tert-OH is 1. The van der Waals surface area contributed by atoms with E-state index in [1.807, 2.05) is 12.1 Å². The fourth-order valence-electron chi connectivity index (χ4n) is 2.45. The zero-order valence-electron chi connectivity index (χ0n) is 14.0. The second-order valence-electron chi connectivity index (χ2n) is 6.03. The maximum absolute atomic E-state index is 9.59. The van der Waals surface area contributed by atoms with Crippen LogP contribution in [0.2, 0.25) is 0 Å². The standard InChI is InChI=1S/C18H31NO2/c1-5-18(6-2,14-20)13-19-15(3)7-8-16-9-11-17(21-4)12-10-16/h9-12,15,19-20H,5-8,13-14H2,1-4H3. The van der Waals surface area contributed by atoms with Crippen LogP contribution in [-0.2, 0) is 6.42 Å². The van der Waals surface area contributed by atoms with Crippen molar-refractivity contribution in [1.29, 1.82) is 0 Å². The van der Waals surface area contributed by atoms with Gasteiger partial charge in [0.05, 0.1) is 7.11 Å². The summed E-state index contributed by atoms with van der Waals surface area (Å²) in [6.45, 7) is 7.68. The van der Waals surface area contributed by atoms with E-state index >= 15 is 0 Å². The van der Waals surface area contributed by atoms with Crippen LogP contribution in [0.5, 0.6) is 5.75 Å². The molecule has 0 bridgehead atoms. The fraction of sp³-hybridized carbons (Fsp3) is 0.667. The molecule has 120 valence electrons. The van der Waals surface area contributed by atoms with E-state index in [4.69, 9.17) is 4.74 Å². The molecule has 0 fully saturated rings. The van der Waals surface area contributed by atoms with Gasteiger partial charge in [0.2, 0.25) is 0 Å². The predicted molar refractivity (Wildman–Crippen MR) is 88.9 cm³/mol. The minimum Gasteiger partial charge on any atom is -0.497 e. The number of hydrogen-bond acceptors (Lipinski definition) is 3. The van der Waals surface area contributed by atoms with E-state index in [-0.39, 0.29) is 12.0 Å². The minimum atomic E-state index is 0.0361. The summed E-state index contributed by atoms with van der Waals surface area (Å²) in [5, 5.41) is 13.2. The summed E-state index contributed by atoms with van der Waals surface area (Å²) in [5.74, 6) is 0.906. The van der Waals surface area contributed by atoms with E-state index in [1.165, 1.54) is 5.56 Å². The van der Waals surface area contributed by atoms with Crippen LogP contribution in [0.1, 0.15) is 45.6 Å². The zero-order valence-corrected chi connectivity index (χ0v) is 14.0. The van der Waals surface area contributed by atoms with Crippen LogP contribution < -0.4 is 10.1 Å². The highest BCUT2D eigenvalue weighted by molar-refractivity contribution is 5.27. The van der Waals surface area contributed by atoms with E-state index in [0.717, 1.165) is 38.0 Å². The molecule has 3 nitrogen and oxygen atoms in total. The average Bonchev–Trinajstić information content (AvgIpc) is 2.55. The average molecular weight is 293 g/mol. The number of hydrogen-bond donors (Lipinski definition) is 2. The molecule has 0 aliphatic heterocycles. The molecule has 1 unspecified atom stereocenters. The van der Waals surface area contributed by atoms with Crippen LogP contribution in [0, 0.1) is 5.41 Å². The smallest absolute Gasteiger partial charge is 0.118 e. The van der Waals surface area contributed by atoms with Crippen LogP contribution >= 0.6 is 0 Å². The van der Waals surface area contributed by atoms with Gasteiger partial charge in [0, 0.05) is 24.6 Å².